The molecule has 0 amide bonds. The van der Waals surface area contributed by atoms with Crippen LogP contribution in [-0.4, -0.2) is 112 Å². The Balaban J connectivity index is 0.000000238. The maximum absolute atomic E-state index is 11.8. The van der Waals surface area contributed by atoms with Gasteiger partial charge in [-0.25, -0.2) is 0 Å². The third kappa shape index (κ3) is 31.6. The van der Waals surface area contributed by atoms with E-state index in [4.69, 9.17) is 76.0 Å². The molecule has 35 nitrogen and oxygen atoms in total. The lowest BCUT2D eigenvalue weighted by atomic mass is 10.0. The number of nitrogens with one attached hydrogen (secondary N) is 1. The maximum Gasteiger partial charge on any atom is 0.322 e. The highest BCUT2D eigenvalue weighted by Gasteiger charge is 2.19. The Morgan fingerprint density at radius 1 is 0.290 bits per heavy atom. The summed E-state index contributed by atoms with van der Waals surface area (Å²) in [7, 11) is -4.47. The van der Waals surface area contributed by atoms with Crippen molar-refractivity contribution in [2.45, 2.75) is 67.2 Å². The molecule has 0 aliphatic rings. The summed E-state index contributed by atoms with van der Waals surface area (Å²) in [5.74, 6) is -5.99. The maximum atomic E-state index is 11.8. The Labute approximate surface area is 748 Å². The zero-order chi connectivity index (χ0) is 96.2. The number of carboxylic acid groups (broad SMARTS) is 7. The number of aryl methyl sites for hydroxylation is 3. The second-order valence-corrected chi connectivity index (χ2v) is 29.1. The number of aliphatic carboxylic acids is 7. The molecule has 0 spiro atoms. The van der Waals surface area contributed by atoms with E-state index in [2.05, 4.69) is 66.7 Å². The number of nitrogen functional groups attached to an aromatic ring is 2. The first-order valence-corrected chi connectivity index (χ1v) is 40.3. The fourth-order valence-corrected chi connectivity index (χ4v) is 12.4. The highest BCUT2D eigenvalue weighted by molar-refractivity contribution is 7.85. The number of nitrogens with zero attached hydrogens (tertiary/aromatic N) is 12. The summed E-state index contributed by atoms with van der Waals surface area (Å²) in [5.41, 5.74) is 22.5. The molecule has 0 saturated carbocycles. The molecule has 36 heteroatoms. The number of phenols is 3. The Hall–Kier alpha value is -17.5. The van der Waals surface area contributed by atoms with Gasteiger partial charge in [-0.15, -0.1) is 46.0 Å². The number of phenolic OH excluding ortho intramolecular Hbond substituents is 3. The molecular formula is C95H89N15O20S. The Kier molecular flexibility index (Phi) is 37.3. The summed E-state index contributed by atoms with van der Waals surface area (Å²) in [6, 6.07) is 80.4. The molecule has 0 aliphatic carbocycles. The van der Waals surface area contributed by atoms with Crippen molar-refractivity contribution in [3.63, 3.8) is 0 Å². The van der Waals surface area contributed by atoms with Crippen LogP contribution in [0.15, 0.2) is 333 Å². The first kappa shape index (κ1) is 101. The zero-order valence-corrected chi connectivity index (χ0v) is 72.5. The van der Waals surface area contributed by atoms with Crippen molar-refractivity contribution in [2.24, 2.45) is 61.4 Å². The van der Waals surface area contributed by atoms with Crippen LogP contribution in [0.25, 0.3) is 64.6 Å². The van der Waals surface area contributed by atoms with Crippen LogP contribution in [0, 0.1) is 20.8 Å². The van der Waals surface area contributed by atoms with Crippen molar-refractivity contribution in [2.75, 3.05) is 23.3 Å². The fraction of sp³-hybridized carbons (Fsp3) is 0.105. The van der Waals surface area contributed by atoms with Crippen LogP contribution in [0.5, 0.6) is 17.2 Å². The first-order valence-electron chi connectivity index (χ1n) is 38.9. The van der Waals surface area contributed by atoms with E-state index in [1.54, 1.807) is 61.5 Å². The topological polar surface area (TPSA) is 589 Å². The van der Waals surface area contributed by atoms with E-state index in [-0.39, 0.29) is 34.4 Å². The van der Waals surface area contributed by atoms with E-state index in [0.717, 1.165) is 107 Å². The first-order chi connectivity index (χ1) is 62.2. The van der Waals surface area contributed by atoms with Gasteiger partial charge in [0, 0.05) is 107 Å². The lowest BCUT2D eigenvalue weighted by Gasteiger charge is -2.10. The zero-order valence-electron chi connectivity index (χ0n) is 71.6. The number of benzene rings is 15. The summed E-state index contributed by atoms with van der Waals surface area (Å²) in [6.45, 7) is 11.8. The molecule has 0 saturated heterocycles. The number of aromatic hydroxyl groups is 3. The molecule has 0 aliphatic heterocycles. The minimum absolute atomic E-state index is 0.0182. The summed E-state index contributed by atoms with van der Waals surface area (Å²) >= 11 is 0. The summed E-state index contributed by atoms with van der Waals surface area (Å²) in [5, 5.41) is 150. The van der Waals surface area contributed by atoms with Crippen molar-refractivity contribution in [1.82, 2.24) is 0 Å². The van der Waals surface area contributed by atoms with Crippen molar-refractivity contribution in [3.8, 4) is 17.2 Å². The molecule has 0 radical (unpaired) electrons. The molecule has 0 heterocycles. The van der Waals surface area contributed by atoms with Crippen LogP contribution in [0.1, 0.15) is 58.2 Å². The van der Waals surface area contributed by atoms with E-state index in [0.29, 0.717) is 95.1 Å². The predicted octanol–water partition coefficient (Wildman–Crippen LogP) is 25.0. The summed E-state index contributed by atoms with van der Waals surface area (Å²) in [4.78, 5) is 64.6. The molecule has 15 aromatic carbocycles. The Bertz CT molecular complexity index is 6890. The number of azo groups is 6. The van der Waals surface area contributed by atoms with Gasteiger partial charge < -0.3 is 67.8 Å². The third-order valence-corrected chi connectivity index (χ3v) is 18.0. The quantitative estimate of drug-likeness (QED) is 0.0243. The highest BCUT2D eigenvalue weighted by atomic mass is 32.2. The smallest absolute Gasteiger partial charge is 0.322 e. The molecule has 16 N–H and O–H groups in total. The van der Waals surface area contributed by atoms with Gasteiger partial charge in [0.25, 0.3) is 45.9 Å². The standard InChI is InChI=1S/C29H23N5O3.C27H21N5O4S.C27H21N5O.6C2H4O2/c1-18-15-19-11-12-21(30-17-27(35)36)16-24(19)29(37)28(18)34-33-26-14-13-25(22-9-5-6-10-23(22)26)32-31-20-7-3-2-4-8-20;1-16-13-17-7-8-18(28)14-22(17)27(33)26(16)32-31-25-12-11-24(30-29-19-5-3-2-4-6-19)21-10-9-20(15-23(21)25)37(34,35)36;1-17-15-18-11-12-19(28)16-23(18)27(33)26(17)32-31-25-14-13-24(21-9-5-6-10-22(21)25)30-29-20-7-3-2-4-8-20;6*1-2(3)4/h2-16,30,37H,17H2,1H3,(H,35,36);2-15,33H,28H2,1H3,(H,34,35,36);2-16,33H,28H2,1H3;6*1H3,(H,3,4). The lowest BCUT2D eigenvalue weighted by molar-refractivity contribution is -0.135. The van der Waals surface area contributed by atoms with E-state index in [1.165, 1.54) is 18.2 Å². The Morgan fingerprint density at radius 2 is 0.542 bits per heavy atom. The lowest BCUT2D eigenvalue weighted by Crippen LogP contribution is -2.12. The minimum Gasteiger partial charge on any atom is -0.505 e. The van der Waals surface area contributed by atoms with Crippen molar-refractivity contribution >= 4 is 202 Å². The predicted molar refractivity (Wildman–Crippen MR) is 502 cm³/mol. The molecule has 15 aromatic rings. The van der Waals surface area contributed by atoms with Gasteiger partial charge >= 0.3 is 5.97 Å². The number of rotatable bonds is 16. The summed E-state index contributed by atoms with van der Waals surface area (Å²) < 4.78 is 33.2. The van der Waals surface area contributed by atoms with Gasteiger partial charge in [-0.1, -0.05) is 127 Å². The second-order valence-electron chi connectivity index (χ2n) is 27.7. The number of nitrogens with two attached hydrogens (primary N) is 2. The van der Waals surface area contributed by atoms with Gasteiger partial charge in [0.1, 0.15) is 23.6 Å². The van der Waals surface area contributed by atoms with Gasteiger partial charge in [-0.3, -0.25) is 38.1 Å². The Morgan fingerprint density at radius 3 is 0.824 bits per heavy atom. The van der Waals surface area contributed by atoms with Crippen LogP contribution in [0.4, 0.5) is 85.3 Å². The number of fused-ring (bicyclic) bond motifs is 6. The molecule has 670 valence electrons. The number of hydrogen-bond acceptors (Lipinski definition) is 27. The number of hydrogen-bond donors (Lipinski definition) is 14. The number of carboxylic acids is 7. The van der Waals surface area contributed by atoms with Crippen molar-refractivity contribution < 1.29 is 97.6 Å². The van der Waals surface area contributed by atoms with Crippen molar-refractivity contribution in [3.05, 3.63) is 284 Å². The van der Waals surface area contributed by atoms with Gasteiger partial charge in [-0.05, 0) is 193 Å². The molecule has 0 unspecified atom stereocenters. The molecule has 131 heavy (non-hydrogen) atoms. The van der Waals surface area contributed by atoms with Crippen LogP contribution in [-0.2, 0) is 43.7 Å². The minimum atomic E-state index is -4.47. The van der Waals surface area contributed by atoms with Gasteiger partial charge in [0.2, 0.25) is 0 Å². The van der Waals surface area contributed by atoms with E-state index < -0.39 is 51.9 Å². The van der Waals surface area contributed by atoms with Crippen LogP contribution < -0.4 is 16.8 Å². The van der Waals surface area contributed by atoms with Crippen LogP contribution in [0.3, 0.4) is 0 Å². The average molecular weight is 1790 g/mol. The number of carbonyl (C=O) groups is 7. The van der Waals surface area contributed by atoms with E-state index in [1.807, 2.05) is 208 Å². The summed E-state index contributed by atoms with van der Waals surface area (Å²) in [6.07, 6.45) is 0. The molecule has 15 rings (SSSR count). The number of anilines is 3. The molecule has 0 bridgehead atoms. The molecule has 0 atom stereocenters. The van der Waals surface area contributed by atoms with Gasteiger partial charge in [0.15, 0.2) is 17.2 Å². The molecule has 0 fully saturated rings. The molecular weight excluding hydrogens is 1700 g/mol. The SMILES string of the molecule is CC(=O)O.CC(=O)O.CC(=O)O.CC(=O)O.CC(=O)O.CC(=O)O.Cc1cc2ccc(N)cc2c(O)c1N=Nc1ccc(N=Nc2ccccc2)c2ccc(S(=O)(=O)O)cc12.Cc1cc2ccc(N)cc2c(O)c1N=Nc1ccc(N=Nc2ccccc2)c2ccccc12.Cc1cc2ccc(NCC(=O)O)cc2c(O)c1N=Nc1ccc(N=Nc2ccccc2)c2ccccc12. The normalized spacial score (nSPS) is 10.9. The highest BCUT2D eigenvalue weighted by Crippen LogP contribution is 2.46. The van der Waals surface area contributed by atoms with Gasteiger partial charge in [-0.2, -0.15) is 23.8 Å². The largest absolute Gasteiger partial charge is 0.505 e. The fourth-order valence-electron chi connectivity index (χ4n) is 11.9. The molecule has 0 aromatic heterocycles. The van der Waals surface area contributed by atoms with Crippen molar-refractivity contribution in [1.29, 1.82) is 0 Å². The van der Waals surface area contributed by atoms with E-state index >= 15 is 0 Å². The third-order valence-electron chi connectivity index (χ3n) is 17.2. The average Bonchev–Trinajstić information content (AvgIpc) is 0.819. The van der Waals surface area contributed by atoms with Crippen LogP contribution >= 0.6 is 0 Å². The second kappa shape index (κ2) is 48.7. The van der Waals surface area contributed by atoms with Gasteiger partial charge in [0.05, 0.1) is 56.1 Å². The van der Waals surface area contributed by atoms with E-state index in [9.17, 15) is 33.1 Å². The monoisotopic (exact) mass is 1790 g/mol. The van der Waals surface area contributed by atoms with Crippen LogP contribution in [0.2, 0.25) is 0 Å².